The van der Waals surface area contributed by atoms with E-state index in [9.17, 15) is 9.59 Å². The summed E-state index contributed by atoms with van der Waals surface area (Å²) < 4.78 is 3.55. The number of hydrogen-bond donors (Lipinski definition) is 1. The van der Waals surface area contributed by atoms with Gasteiger partial charge in [0.2, 0.25) is 0 Å². The molecule has 0 fully saturated rings. The Bertz CT molecular complexity index is 330. The molecule has 0 saturated carbocycles. The second-order valence-electron chi connectivity index (χ2n) is 5.28. The summed E-state index contributed by atoms with van der Waals surface area (Å²) in [6, 6.07) is 0. The largest absolute Gasteiger partial charge is 0.453 e. The molecule has 0 radical (unpaired) electrons. The van der Waals surface area contributed by atoms with Gasteiger partial charge < -0.3 is 10.1 Å². The van der Waals surface area contributed by atoms with Crippen molar-refractivity contribution in [3.63, 3.8) is 0 Å². The van der Waals surface area contributed by atoms with Crippen LogP contribution in [0.15, 0.2) is 0 Å². The van der Waals surface area contributed by atoms with E-state index in [-0.39, 0.29) is 17.2 Å². The van der Waals surface area contributed by atoms with Crippen LogP contribution in [0.2, 0.25) is 0 Å². The van der Waals surface area contributed by atoms with Crippen LogP contribution < -0.4 is 5.32 Å². The Balaban J connectivity index is 5.01. The molecule has 0 bridgehead atoms. The van der Waals surface area contributed by atoms with Gasteiger partial charge in [0.25, 0.3) is 5.91 Å². The molecule has 0 aromatic heterocycles. The van der Waals surface area contributed by atoms with Crippen LogP contribution in [0.5, 0.6) is 0 Å². The van der Waals surface area contributed by atoms with E-state index in [1.165, 1.54) is 26.0 Å². The molecule has 0 rings (SSSR count). The molecule has 0 aliphatic carbocycles. The fourth-order valence-electron chi connectivity index (χ4n) is 1.56. The van der Waals surface area contributed by atoms with Crippen molar-refractivity contribution >= 4 is 23.8 Å². The smallest absolute Gasteiger partial charge is 0.406 e. The summed E-state index contributed by atoms with van der Waals surface area (Å²) in [5.74, 6) is -0.216. The summed E-state index contributed by atoms with van der Waals surface area (Å²) in [6.45, 7) is 7.96. The Morgan fingerprint density at radius 1 is 1.21 bits per heavy atom. The Morgan fingerprint density at radius 2 is 1.74 bits per heavy atom. The number of carbonyl (C=O) groups excluding carboxylic acids is 2. The maximum Gasteiger partial charge on any atom is 0.406 e. The number of amides is 2. The molecule has 1 N–H and O–H groups in total. The van der Waals surface area contributed by atoms with Crippen LogP contribution in [0.1, 0.15) is 27.7 Å². The number of alkyl carbamates (subject to hydrolysis) is 1. The van der Waals surface area contributed by atoms with Crippen LogP contribution in [-0.4, -0.2) is 54.4 Å². The van der Waals surface area contributed by atoms with Gasteiger partial charge in [-0.1, -0.05) is 20.8 Å². The Hall–Kier alpha value is -0.950. The molecule has 0 aliphatic rings. The first-order chi connectivity index (χ1) is 8.55. The van der Waals surface area contributed by atoms with Crippen molar-refractivity contribution < 1.29 is 19.2 Å². The van der Waals surface area contributed by atoms with Crippen molar-refractivity contribution in [1.29, 1.82) is 0 Å². The second kappa shape index (κ2) is 7.00. The normalized spacial score (nSPS) is 14.5. The Kier molecular flexibility index (Phi) is 6.65. The number of nitrogens with one attached hydrogen (secondary N) is 1. The van der Waals surface area contributed by atoms with Crippen LogP contribution in [0.3, 0.4) is 0 Å². The predicted molar refractivity (Wildman–Crippen MR) is 75.9 cm³/mol. The third kappa shape index (κ3) is 6.15. The number of ether oxygens (including phenoxy) is 1. The standard InChI is InChI=1S/C12H24N2O4S/c1-11(2,3)19-12(4,8-13-10(16)17-6)9(15)14(5)18-7/h8H2,1-7H3,(H,13,16)/t12-/m0/s1. The van der Waals surface area contributed by atoms with Gasteiger partial charge in [-0.2, -0.15) is 0 Å². The van der Waals surface area contributed by atoms with Crippen molar-refractivity contribution in [2.75, 3.05) is 27.8 Å². The molecule has 0 aromatic carbocycles. The van der Waals surface area contributed by atoms with Gasteiger partial charge in [-0.05, 0) is 6.92 Å². The molecule has 0 unspecified atom stereocenters. The number of thioether (sulfide) groups is 1. The van der Waals surface area contributed by atoms with E-state index >= 15 is 0 Å². The lowest BCUT2D eigenvalue weighted by molar-refractivity contribution is -0.170. The maximum absolute atomic E-state index is 12.4. The Morgan fingerprint density at radius 3 is 2.11 bits per heavy atom. The highest BCUT2D eigenvalue weighted by Crippen LogP contribution is 2.37. The molecule has 0 aliphatic heterocycles. The quantitative estimate of drug-likeness (QED) is 0.780. The number of hydrogen-bond acceptors (Lipinski definition) is 5. The minimum absolute atomic E-state index is 0.142. The molecule has 7 heteroatoms. The van der Waals surface area contributed by atoms with Gasteiger partial charge in [0.1, 0.15) is 4.75 Å². The van der Waals surface area contributed by atoms with E-state index in [1.54, 1.807) is 14.0 Å². The maximum atomic E-state index is 12.4. The number of rotatable bonds is 5. The van der Waals surface area contributed by atoms with Crippen LogP contribution in [0, 0.1) is 0 Å². The minimum Gasteiger partial charge on any atom is -0.453 e. The SMILES string of the molecule is COC(=O)NC[C@](C)(SC(C)(C)C)C(=O)N(C)OC. The van der Waals surface area contributed by atoms with Gasteiger partial charge in [0.05, 0.1) is 14.2 Å². The van der Waals surface area contributed by atoms with Gasteiger partial charge in [-0.25, -0.2) is 9.86 Å². The topological polar surface area (TPSA) is 67.9 Å². The molecule has 0 saturated heterocycles. The van der Waals surface area contributed by atoms with Crippen LogP contribution in [0.4, 0.5) is 4.79 Å². The predicted octanol–water partition coefficient (Wildman–Crippen LogP) is 1.65. The van der Waals surface area contributed by atoms with Crippen LogP contribution in [-0.2, 0) is 14.4 Å². The lowest BCUT2D eigenvalue weighted by Crippen LogP contribution is -2.51. The van der Waals surface area contributed by atoms with Crippen molar-refractivity contribution in [2.24, 2.45) is 0 Å². The number of methoxy groups -OCH3 is 1. The summed E-state index contributed by atoms with van der Waals surface area (Å²) in [4.78, 5) is 28.5. The van der Waals surface area contributed by atoms with E-state index in [0.717, 1.165) is 5.06 Å². The van der Waals surface area contributed by atoms with Gasteiger partial charge in [-0.3, -0.25) is 9.63 Å². The van der Waals surface area contributed by atoms with Gasteiger partial charge in [0, 0.05) is 18.3 Å². The summed E-state index contributed by atoms with van der Waals surface area (Å²) >= 11 is 1.47. The number of nitrogens with zero attached hydrogens (tertiary/aromatic N) is 1. The molecule has 6 nitrogen and oxygen atoms in total. The zero-order chi connectivity index (χ0) is 15.3. The fourth-order valence-corrected chi connectivity index (χ4v) is 3.27. The van der Waals surface area contributed by atoms with Crippen LogP contribution in [0.25, 0.3) is 0 Å². The molecule has 2 amide bonds. The van der Waals surface area contributed by atoms with E-state index in [4.69, 9.17) is 4.84 Å². The first-order valence-corrected chi connectivity index (χ1v) is 6.71. The average molecular weight is 292 g/mol. The summed E-state index contributed by atoms with van der Waals surface area (Å²) in [6.07, 6.45) is -0.561. The average Bonchev–Trinajstić information content (AvgIpc) is 2.31. The minimum atomic E-state index is -0.836. The number of hydroxylamine groups is 2. The summed E-state index contributed by atoms with van der Waals surface area (Å²) in [7, 11) is 4.25. The van der Waals surface area contributed by atoms with Gasteiger partial charge in [0.15, 0.2) is 0 Å². The third-order valence-corrected chi connectivity index (χ3v) is 3.68. The van der Waals surface area contributed by atoms with Gasteiger partial charge >= 0.3 is 6.09 Å². The highest BCUT2D eigenvalue weighted by Gasteiger charge is 2.40. The molecule has 112 valence electrons. The molecule has 0 heterocycles. The van der Waals surface area contributed by atoms with E-state index in [2.05, 4.69) is 10.1 Å². The van der Waals surface area contributed by atoms with Crippen molar-refractivity contribution in [1.82, 2.24) is 10.4 Å². The molecule has 19 heavy (non-hydrogen) atoms. The highest BCUT2D eigenvalue weighted by atomic mass is 32.2. The molecule has 0 aromatic rings. The second-order valence-corrected chi connectivity index (χ2v) is 7.61. The molecular weight excluding hydrogens is 268 g/mol. The fraction of sp³-hybridized carbons (Fsp3) is 0.833. The molecule has 1 atom stereocenters. The summed E-state index contributed by atoms with van der Waals surface area (Å²) in [5.41, 5.74) is 0. The Labute approximate surface area is 119 Å². The monoisotopic (exact) mass is 292 g/mol. The zero-order valence-electron chi connectivity index (χ0n) is 12.7. The van der Waals surface area contributed by atoms with Crippen LogP contribution >= 0.6 is 11.8 Å². The van der Waals surface area contributed by atoms with E-state index in [0.29, 0.717) is 0 Å². The first kappa shape index (κ1) is 18.0. The zero-order valence-corrected chi connectivity index (χ0v) is 13.5. The van der Waals surface area contributed by atoms with Crippen molar-refractivity contribution in [3.8, 4) is 0 Å². The van der Waals surface area contributed by atoms with E-state index in [1.807, 2.05) is 20.8 Å². The lowest BCUT2D eigenvalue weighted by Gasteiger charge is -2.35. The summed E-state index contributed by atoms with van der Waals surface area (Å²) in [5, 5.41) is 3.73. The third-order valence-electron chi connectivity index (χ3n) is 2.30. The lowest BCUT2D eigenvalue weighted by atomic mass is 10.1. The number of carbonyl (C=O) groups is 2. The highest BCUT2D eigenvalue weighted by molar-refractivity contribution is 8.02. The molecule has 0 spiro atoms. The molecular formula is C12H24N2O4S. The van der Waals surface area contributed by atoms with Gasteiger partial charge in [-0.15, -0.1) is 11.8 Å². The van der Waals surface area contributed by atoms with E-state index < -0.39 is 10.8 Å². The first-order valence-electron chi connectivity index (χ1n) is 5.90. The van der Waals surface area contributed by atoms with Crippen molar-refractivity contribution in [2.45, 2.75) is 37.2 Å². The van der Waals surface area contributed by atoms with Crippen molar-refractivity contribution in [3.05, 3.63) is 0 Å².